The molecule has 6 rings (SSSR count). The average molecular weight is 538 g/mol. The van der Waals surface area contributed by atoms with E-state index >= 15 is 0 Å². The van der Waals surface area contributed by atoms with E-state index in [1.807, 2.05) is 61.5 Å². The van der Waals surface area contributed by atoms with Crippen molar-refractivity contribution in [2.75, 3.05) is 0 Å². The molecule has 0 bridgehead atoms. The van der Waals surface area contributed by atoms with E-state index in [9.17, 15) is 19.1 Å². The predicted molar refractivity (Wildman–Crippen MR) is 149 cm³/mol. The van der Waals surface area contributed by atoms with E-state index < -0.39 is 23.5 Å². The van der Waals surface area contributed by atoms with Crippen LogP contribution in [0.1, 0.15) is 38.2 Å². The van der Waals surface area contributed by atoms with E-state index in [4.69, 9.17) is 0 Å². The summed E-state index contributed by atoms with van der Waals surface area (Å²) in [7, 11) is 0. The quantitative estimate of drug-likeness (QED) is 0.233. The van der Waals surface area contributed by atoms with Crippen LogP contribution >= 0.6 is 11.3 Å². The molecule has 0 saturated heterocycles. The van der Waals surface area contributed by atoms with Gasteiger partial charge in [-0.1, -0.05) is 60.7 Å². The summed E-state index contributed by atoms with van der Waals surface area (Å²) in [6.45, 7) is 3.73. The molecular formula is C31H24FN3O3S. The molecule has 5 aromatic rings. The molecule has 3 aromatic carbocycles. The van der Waals surface area contributed by atoms with Gasteiger partial charge in [0.25, 0.3) is 5.91 Å². The molecule has 2 N–H and O–H groups in total. The number of para-hydroxylation sites is 1. The molecule has 1 atom stereocenters. The minimum absolute atomic E-state index is 0.0151. The molecular weight excluding hydrogens is 513 g/mol. The number of hydrogen-bond acceptors (Lipinski definition) is 5. The van der Waals surface area contributed by atoms with Gasteiger partial charge in [-0.15, -0.1) is 11.3 Å². The third-order valence-corrected chi connectivity index (χ3v) is 8.26. The fraction of sp³-hybridized carbons (Fsp3) is 0.129. The highest BCUT2D eigenvalue weighted by atomic mass is 32.1. The summed E-state index contributed by atoms with van der Waals surface area (Å²) < 4.78 is 13.6. The number of aryl methyl sites for hydroxylation is 2. The summed E-state index contributed by atoms with van der Waals surface area (Å²) in [4.78, 5) is 37.6. The first-order valence-corrected chi connectivity index (χ1v) is 13.3. The molecule has 6 nitrogen and oxygen atoms in total. The number of H-pyrrole nitrogens is 1. The summed E-state index contributed by atoms with van der Waals surface area (Å²) in [5, 5.41) is 12.7. The van der Waals surface area contributed by atoms with Gasteiger partial charge in [0.1, 0.15) is 10.8 Å². The summed E-state index contributed by atoms with van der Waals surface area (Å²) in [6, 6.07) is 22.2. The zero-order valence-corrected chi connectivity index (χ0v) is 22.1. The summed E-state index contributed by atoms with van der Waals surface area (Å²) in [6.07, 6.45) is 0. The van der Waals surface area contributed by atoms with Crippen LogP contribution < -0.4 is 0 Å². The number of rotatable bonds is 6. The second kappa shape index (κ2) is 9.63. The highest BCUT2D eigenvalue weighted by Crippen LogP contribution is 2.45. The lowest BCUT2D eigenvalue weighted by atomic mass is 9.92. The Balaban J connectivity index is 1.49. The highest BCUT2D eigenvalue weighted by molar-refractivity contribution is 7.17. The van der Waals surface area contributed by atoms with E-state index in [0.29, 0.717) is 21.1 Å². The van der Waals surface area contributed by atoms with Crippen molar-refractivity contribution in [3.05, 3.63) is 123 Å². The first kappa shape index (κ1) is 24.8. The zero-order valence-electron chi connectivity index (χ0n) is 21.2. The molecule has 194 valence electrons. The number of aromatic nitrogens is 2. The third-order valence-electron chi connectivity index (χ3n) is 7.05. The van der Waals surface area contributed by atoms with Crippen molar-refractivity contribution in [2.24, 2.45) is 0 Å². The van der Waals surface area contributed by atoms with E-state index in [0.717, 1.165) is 27.7 Å². The van der Waals surface area contributed by atoms with Gasteiger partial charge in [0.05, 0.1) is 22.2 Å². The van der Waals surface area contributed by atoms with Crippen molar-refractivity contribution in [1.29, 1.82) is 0 Å². The van der Waals surface area contributed by atoms with Crippen molar-refractivity contribution in [3.8, 4) is 10.6 Å². The number of thiazole rings is 1. The number of nitrogens with zero attached hydrogens (tertiary/aromatic N) is 2. The van der Waals surface area contributed by atoms with E-state index in [1.165, 1.54) is 28.4 Å². The van der Waals surface area contributed by atoms with E-state index in [2.05, 4.69) is 9.97 Å². The molecule has 1 unspecified atom stereocenters. The summed E-state index contributed by atoms with van der Waals surface area (Å²) in [5.41, 5.74) is 4.48. The molecule has 8 heteroatoms. The van der Waals surface area contributed by atoms with E-state index in [-0.39, 0.29) is 17.9 Å². The fourth-order valence-corrected chi connectivity index (χ4v) is 6.25. The van der Waals surface area contributed by atoms with Crippen LogP contribution in [0.25, 0.3) is 21.5 Å². The van der Waals surface area contributed by atoms with Crippen LogP contribution in [-0.4, -0.2) is 31.7 Å². The van der Waals surface area contributed by atoms with Gasteiger partial charge >= 0.3 is 0 Å². The maximum atomic E-state index is 14.2. The SMILES string of the molecule is Cc1nc(-c2ccccc2)sc1C(=O)C1=C(O)C(=O)N(Cc2ccc(F)cc2)C1c1c(C)[nH]c2ccccc12. The van der Waals surface area contributed by atoms with Crippen LogP contribution in [0.3, 0.4) is 0 Å². The van der Waals surface area contributed by atoms with Gasteiger partial charge in [0.15, 0.2) is 5.76 Å². The Hall–Kier alpha value is -4.56. The molecule has 0 aliphatic carbocycles. The number of aliphatic hydroxyl groups excluding tert-OH is 1. The molecule has 1 aliphatic rings. The first-order chi connectivity index (χ1) is 18.8. The topological polar surface area (TPSA) is 86.3 Å². The van der Waals surface area contributed by atoms with Gasteiger partial charge in [-0.25, -0.2) is 9.37 Å². The van der Waals surface area contributed by atoms with Gasteiger partial charge in [-0.05, 0) is 37.6 Å². The number of Topliss-reactive ketones (excluding diaryl/α,β-unsaturated/α-hetero) is 1. The zero-order chi connectivity index (χ0) is 27.3. The fourth-order valence-electron chi connectivity index (χ4n) is 5.22. The van der Waals surface area contributed by atoms with Crippen molar-refractivity contribution in [2.45, 2.75) is 26.4 Å². The Labute approximate surface area is 228 Å². The molecule has 0 spiro atoms. The van der Waals surface area contributed by atoms with Gasteiger partial charge in [-0.2, -0.15) is 0 Å². The number of hydrogen-bond donors (Lipinski definition) is 2. The third kappa shape index (κ3) is 4.23. The van der Waals surface area contributed by atoms with Crippen molar-refractivity contribution in [1.82, 2.24) is 14.9 Å². The molecule has 0 fully saturated rings. The summed E-state index contributed by atoms with van der Waals surface area (Å²) in [5.74, 6) is -2.05. The van der Waals surface area contributed by atoms with Crippen LogP contribution in [0, 0.1) is 19.7 Å². The van der Waals surface area contributed by atoms with Crippen LogP contribution in [0.4, 0.5) is 4.39 Å². The monoisotopic (exact) mass is 537 g/mol. The number of carbonyl (C=O) groups is 2. The Kier molecular flexibility index (Phi) is 6.12. The predicted octanol–water partition coefficient (Wildman–Crippen LogP) is 6.83. The van der Waals surface area contributed by atoms with Crippen molar-refractivity contribution >= 4 is 33.9 Å². The number of aliphatic hydroxyl groups is 1. The average Bonchev–Trinajstić information content (AvgIpc) is 3.57. The van der Waals surface area contributed by atoms with Gasteiger partial charge in [0, 0.05) is 34.3 Å². The Bertz CT molecular complexity index is 1770. The minimum atomic E-state index is -0.854. The van der Waals surface area contributed by atoms with Crippen LogP contribution in [0.2, 0.25) is 0 Å². The molecule has 2 aromatic heterocycles. The molecule has 3 heterocycles. The molecule has 0 radical (unpaired) electrons. The van der Waals surface area contributed by atoms with Gasteiger partial charge < -0.3 is 15.0 Å². The molecule has 1 amide bonds. The number of carbonyl (C=O) groups excluding carboxylic acids is 2. The number of amides is 1. The standard InChI is InChI=1S/C31H24FN3O3S/c1-17-24(22-10-6-7-11-23(22)33-17)26-25(28(37)31(38)35(26)16-19-12-14-21(32)15-13-19)27(36)29-18(2)34-30(39-29)20-8-4-3-5-9-20/h3-15,26,33,37H,16H2,1-2H3. The second-order valence-corrected chi connectivity index (χ2v) is 10.6. The van der Waals surface area contributed by atoms with Crippen LogP contribution in [0.15, 0.2) is 90.2 Å². The van der Waals surface area contributed by atoms with Gasteiger partial charge in [-0.3, -0.25) is 9.59 Å². The lowest BCUT2D eigenvalue weighted by Crippen LogP contribution is -2.31. The Morgan fingerprint density at radius 3 is 2.46 bits per heavy atom. The lowest BCUT2D eigenvalue weighted by Gasteiger charge is -2.27. The maximum absolute atomic E-state index is 14.2. The largest absolute Gasteiger partial charge is 0.503 e. The molecule has 1 aliphatic heterocycles. The number of ketones is 1. The summed E-state index contributed by atoms with van der Waals surface area (Å²) >= 11 is 1.24. The number of halogens is 1. The van der Waals surface area contributed by atoms with Crippen LogP contribution in [0.5, 0.6) is 0 Å². The molecule has 0 saturated carbocycles. The lowest BCUT2D eigenvalue weighted by molar-refractivity contribution is -0.130. The number of aromatic amines is 1. The highest BCUT2D eigenvalue weighted by Gasteiger charge is 2.46. The smallest absolute Gasteiger partial charge is 0.290 e. The normalized spacial score (nSPS) is 15.5. The number of nitrogens with one attached hydrogen (secondary N) is 1. The second-order valence-electron chi connectivity index (χ2n) is 9.56. The number of fused-ring (bicyclic) bond motifs is 1. The number of benzene rings is 3. The van der Waals surface area contributed by atoms with E-state index in [1.54, 1.807) is 19.1 Å². The molecule has 39 heavy (non-hydrogen) atoms. The maximum Gasteiger partial charge on any atom is 0.290 e. The van der Waals surface area contributed by atoms with Crippen molar-refractivity contribution < 1.29 is 19.1 Å². The van der Waals surface area contributed by atoms with Gasteiger partial charge in [0.2, 0.25) is 5.78 Å². The Morgan fingerprint density at radius 2 is 1.72 bits per heavy atom. The van der Waals surface area contributed by atoms with Crippen molar-refractivity contribution in [3.63, 3.8) is 0 Å². The minimum Gasteiger partial charge on any atom is -0.503 e. The Morgan fingerprint density at radius 1 is 1.03 bits per heavy atom. The van der Waals surface area contributed by atoms with Crippen LogP contribution in [-0.2, 0) is 11.3 Å². The first-order valence-electron chi connectivity index (χ1n) is 12.5.